The van der Waals surface area contributed by atoms with E-state index in [9.17, 15) is 18.5 Å². The Bertz CT molecular complexity index is 859. The molecule has 2 rings (SSSR count). The van der Waals surface area contributed by atoms with Gasteiger partial charge in [0.15, 0.2) is 9.84 Å². The highest BCUT2D eigenvalue weighted by Gasteiger charge is 2.23. The molecule has 1 atom stereocenters. The number of nitrogens with one attached hydrogen (secondary N) is 1. The number of aromatic nitrogens is 1. The van der Waals surface area contributed by atoms with Crippen molar-refractivity contribution in [1.82, 2.24) is 4.98 Å². The normalized spacial score (nSPS) is 13.0. The fourth-order valence-corrected chi connectivity index (χ4v) is 3.93. The Labute approximate surface area is 144 Å². The molecule has 0 fully saturated rings. The van der Waals surface area contributed by atoms with Crippen molar-refractivity contribution in [1.29, 1.82) is 0 Å². The van der Waals surface area contributed by atoms with E-state index in [-0.39, 0.29) is 10.9 Å². The molecule has 1 heterocycles. The van der Waals surface area contributed by atoms with Crippen molar-refractivity contribution in [3.63, 3.8) is 0 Å². The largest absolute Gasteiger partial charge is 0.377 e. The van der Waals surface area contributed by atoms with Crippen molar-refractivity contribution in [3.05, 3.63) is 44.4 Å². The Morgan fingerprint density at radius 2 is 1.96 bits per heavy atom. The van der Waals surface area contributed by atoms with Crippen LogP contribution in [0, 0.1) is 10.1 Å². The molecule has 0 bridgehead atoms. The Kier molecular flexibility index (Phi) is 5.24. The lowest BCUT2D eigenvalue weighted by Crippen LogP contribution is -2.09. The molecule has 1 aromatic carbocycles. The van der Waals surface area contributed by atoms with Crippen molar-refractivity contribution in [3.8, 4) is 0 Å². The Morgan fingerprint density at radius 3 is 2.46 bits per heavy atom. The van der Waals surface area contributed by atoms with Gasteiger partial charge < -0.3 is 5.32 Å². The summed E-state index contributed by atoms with van der Waals surface area (Å²) in [5.74, 6) is 0.340. The van der Waals surface area contributed by atoms with Gasteiger partial charge in [0.1, 0.15) is 4.90 Å². The molecule has 0 spiro atoms. The summed E-state index contributed by atoms with van der Waals surface area (Å²) in [6.07, 6.45) is 0.956. The molecule has 130 valence electrons. The second kappa shape index (κ2) is 6.86. The summed E-state index contributed by atoms with van der Waals surface area (Å²) >= 11 is 1.57. The standard InChI is InChI=1S/C15H19N3O4S2/c1-9(2)15-17-12(8-23-15)10(3)16-11-5-6-13(18(19)20)14(7-11)24(4,21)22/h5-10,16H,1-4H3. The summed E-state index contributed by atoms with van der Waals surface area (Å²) in [6, 6.07) is 3.84. The van der Waals surface area contributed by atoms with Crippen LogP contribution in [-0.2, 0) is 9.84 Å². The summed E-state index contributed by atoms with van der Waals surface area (Å²) in [5.41, 5.74) is 0.919. The second-order valence-electron chi connectivity index (χ2n) is 5.84. The molecule has 2 aromatic rings. The number of thiazole rings is 1. The van der Waals surface area contributed by atoms with Crippen LogP contribution in [0.25, 0.3) is 0 Å². The highest BCUT2D eigenvalue weighted by atomic mass is 32.2. The number of nitro benzene ring substituents is 1. The molecule has 0 amide bonds. The van der Waals surface area contributed by atoms with Crippen molar-refractivity contribution in [2.45, 2.75) is 37.6 Å². The van der Waals surface area contributed by atoms with Crippen LogP contribution in [0.3, 0.4) is 0 Å². The van der Waals surface area contributed by atoms with Gasteiger partial charge in [-0.2, -0.15) is 0 Å². The number of benzene rings is 1. The molecule has 1 N–H and O–H groups in total. The first kappa shape index (κ1) is 18.3. The zero-order valence-electron chi connectivity index (χ0n) is 13.8. The quantitative estimate of drug-likeness (QED) is 0.614. The van der Waals surface area contributed by atoms with Gasteiger partial charge in [-0.15, -0.1) is 11.3 Å². The second-order valence-corrected chi connectivity index (χ2v) is 8.72. The van der Waals surface area contributed by atoms with E-state index >= 15 is 0 Å². The van der Waals surface area contributed by atoms with Gasteiger partial charge in [0.2, 0.25) is 0 Å². The SMILES string of the molecule is CC(C)c1nc(C(C)Nc2ccc([N+](=O)[O-])c(S(C)(=O)=O)c2)cs1. The van der Waals surface area contributed by atoms with E-state index in [0.717, 1.165) is 17.0 Å². The minimum absolute atomic E-state index is 0.150. The van der Waals surface area contributed by atoms with Gasteiger partial charge in [0.25, 0.3) is 5.69 Å². The first-order valence-electron chi connectivity index (χ1n) is 7.30. The molecule has 0 aliphatic carbocycles. The smallest absolute Gasteiger partial charge is 0.288 e. The molecule has 1 unspecified atom stereocenters. The summed E-state index contributed by atoms with van der Waals surface area (Å²) in [4.78, 5) is 14.6. The Morgan fingerprint density at radius 1 is 1.29 bits per heavy atom. The van der Waals surface area contributed by atoms with Crippen LogP contribution in [0.2, 0.25) is 0 Å². The third-order valence-corrected chi connectivity index (χ3v) is 5.71. The summed E-state index contributed by atoms with van der Waals surface area (Å²) < 4.78 is 23.6. The minimum Gasteiger partial charge on any atom is -0.377 e. The van der Waals surface area contributed by atoms with Crippen LogP contribution >= 0.6 is 11.3 Å². The van der Waals surface area contributed by atoms with Gasteiger partial charge >= 0.3 is 0 Å². The van der Waals surface area contributed by atoms with Crippen molar-refractivity contribution in [2.75, 3.05) is 11.6 Å². The highest BCUT2D eigenvalue weighted by molar-refractivity contribution is 7.90. The zero-order valence-corrected chi connectivity index (χ0v) is 15.4. The molecule has 0 aliphatic rings. The maximum atomic E-state index is 11.8. The molecule has 0 radical (unpaired) electrons. The predicted octanol–water partition coefficient (Wildman–Crippen LogP) is 3.75. The number of sulfone groups is 1. The van der Waals surface area contributed by atoms with Gasteiger partial charge in [-0.3, -0.25) is 10.1 Å². The topological polar surface area (TPSA) is 102 Å². The lowest BCUT2D eigenvalue weighted by Gasteiger charge is -2.14. The summed E-state index contributed by atoms with van der Waals surface area (Å²) in [7, 11) is -3.70. The average molecular weight is 369 g/mol. The maximum absolute atomic E-state index is 11.8. The number of hydrogen-bond donors (Lipinski definition) is 1. The van der Waals surface area contributed by atoms with Gasteiger partial charge in [0, 0.05) is 29.3 Å². The monoisotopic (exact) mass is 369 g/mol. The molecule has 0 aliphatic heterocycles. The number of rotatable bonds is 6. The number of nitrogens with zero attached hydrogens (tertiary/aromatic N) is 2. The molecule has 0 saturated heterocycles. The average Bonchev–Trinajstić information content (AvgIpc) is 2.96. The van der Waals surface area contributed by atoms with Crippen LogP contribution in [0.4, 0.5) is 11.4 Å². The van der Waals surface area contributed by atoms with Gasteiger partial charge in [-0.25, -0.2) is 13.4 Å². The number of anilines is 1. The van der Waals surface area contributed by atoms with E-state index in [0.29, 0.717) is 11.6 Å². The molecule has 7 nitrogen and oxygen atoms in total. The van der Waals surface area contributed by atoms with E-state index in [1.54, 1.807) is 11.3 Å². The molecule has 0 saturated carbocycles. The first-order valence-corrected chi connectivity index (χ1v) is 10.1. The number of hydrogen-bond acceptors (Lipinski definition) is 7. The van der Waals surface area contributed by atoms with Crippen LogP contribution in [-0.4, -0.2) is 24.6 Å². The van der Waals surface area contributed by atoms with Gasteiger partial charge in [-0.05, 0) is 19.1 Å². The van der Waals surface area contributed by atoms with Crippen molar-refractivity contribution < 1.29 is 13.3 Å². The lowest BCUT2D eigenvalue weighted by molar-refractivity contribution is -0.387. The summed E-state index contributed by atoms with van der Waals surface area (Å²) in [6.45, 7) is 6.03. The third kappa shape index (κ3) is 4.09. The van der Waals surface area contributed by atoms with Crippen LogP contribution in [0.5, 0.6) is 0 Å². The van der Waals surface area contributed by atoms with Crippen molar-refractivity contribution >= 4 is 32.5 Å². The predicted molar refractivity (Wildman–Crippen MR) is 94.4 cm³/mol. The highest BCUT2D eigenvalue weighted by Crippen LogP contribution is 2.30. The fraction of sp³-hybridized carbons (Fsp3) is 0.400. The van der Waals surface area contributed by atoms with Crippen molar-refractivity contribution in [2.24, 2.45) is 0 Å². The van der Waals surface area contributed by atoms with E-state index < -0.39 is 20.4 Å². The van der Waals surface area contributed by atoms with E-state index in [4.69, 9.17) is 0 Å². The molecule has 1 aromatic heterocycles. The van der Waals surface area contributed by atoms with E-state index in [2.05, 4.69) is 24.1 Å². The van der Waals surface area contributed by atoms with E-state index in [1.165, 1.54) is 18.2 Å². The maximum Gasteiger partial charge on any atom is 0.288 e. The van der Waals surface area contributed by atoms with Crippen LogP contribution in [0.1, 0.15) is 43.4 Å². The van der Waals surface area contributed by atoms with Crippen LogP contribution in [0.15, 0.2) is 28.5 Å². The fourth-order valence-electron chi connectivity index (χ4n) is 2.14. The van der Waals surface area contributed by atoms with Crippen LogP contribution < -0.4 is 5.32 Å². The zero-order chi connectivity index (χ0) is 18.1. The van der Waals surface area contributed by atoms with Gasteiger partial charge in [0.05, 0.1) is 21.7 Å². The summed E-state index contributed by atoms with van der Waals surface area (Å²) in [5, 5.41) is 17.1. The van der Waals surface area contributed by atoms with E-state index in [1.807, 2.05) is 12.3 Å². The lowest BCUT2D eigenvalue weighted by atomic mass is 10.2. The van der Waals surface area contributed by atoms with Gasteiger partial charge in [-0.1, -0.05) is 13.8 Å². The minimum atomic E-state index is -3.70. The Balaban J connectivity index is 2.30. The first-order chi connectivity index (χ1) is 11.1. The Hall–Kier alpha value is -2.00. The molecule has 24 heavy (non-hydrogen) atoms. The number of nitro groups is 1. The third-order valence-electron chi connectivity index (χ3n) is 3.42. The molecular weight excluding hydrogens is 350 g/mol. The molecule has 9 heteroatoms. The molecular formula is C15H19N3O4S2.